The van der Waals surface area contributed by atoms with Gasteiger partial charge in [-0.3, -0.25) is 0 Å². The Morgan fingerprint density at radius 2 is 0.943 bits per heavy atom. The van der Waals surface area contributed by atoms with Crippen LogP contribution < -0.4 is 0 Å². The Labute approximate surface area is 310 Å². The summed E-state index contributed by atoms with van der Waals surface area (Å²) in [5.41, 5.74) is 15.0. The first kappa shape index (κ1) is 31.1. The van der Waals surface area contributed by atoms with E-state index >= 15 is 0 Å². The molecule has 0 N–H and O–H groups in total. The molecule has 1 heterocycles. The van der Waals surface area contributed by atoms with Crippen LogP contribution >= 0.6 is 0 Å². The second kappa shape index (κ2) is 12.3. The maximum atomic E-state index is 5.29. The SMILES string of the molecule is CC1(C)c2ccc(-c3ccc(-c4nc(-c5ccccc5)cc(-c5cccc(-c6ccccc6)c5)n4)c4ccccc34)cc2-c2ccc3ccccc3c21. The fourth-order valence-corrected chi connectivity index (χ4v) is 8.49. The minimum Gasteiger partial charge on any atom is -0.228 e. The zero-order valence-electron chi connectivity index (χ0n) is 29.7. The van der Waals surface area contributed by atoms with E-state index in [0.717, 1.165) is 39.0 Å². The van der Waals surface area contributed by atoms with E-state index in [2.05, 4.69) is 190 Å². The van der Waals surface area contributed by atoms with Crippen molar-refractivity contribution in [3.05, 3.63) is 193 Å². The van der Waals surface area contributed by atoms with Crippen LogP contribution in [0.3, 0.4) is 0 Å². The van der Waals surface area contributed by atoms with E-state index in [0.29, 0.717) is 5.82 Å². The van der Waals surface area contributed by atoms with Crippen LogP contribution in [0.15, 0.2) is 182 Å². The summed E-state index contributed by atoms with van der Waals surface area (Å²) in [6, 6.07) is 65.3. The molecule has 250 valence electrons. The molecule has 0 spiro atoms. The van der Waals surface area contributed by atoms with Crippen LogP contribution in [0.2, 0.25) is 0 Å². The van der Waals surface area contributed by atoms with Crippen LogP contribution in [0.1, 0.15) is 25.0 Å². The van der Waals surface area contributed by atoms with Gasteiger partial charge in [0.25, 0.3) is 0 Å². The van der Waals surface area contributed by atoms with Crippen molar-refractivity contribution in [2.45, 2.75) is 19.3 Å². The standard InChI is InChI=1S/C51H36N2/c1-51(2)46-29-25-37(31-45(46)43-26-24-34-16-9-10-21-40(34)49(43)51)39-27-28-44(42-23-12-11-22-41(39)42)50-52-47(35-17-7-4-8-18-35)32-48(53-50)38-20-13-19-36(30-38)33-14-5-3-6-15-33/h3-32H,1-2H3. The normalized spacial score (nSPS) is 12.9. The number of aromatic nitrogens is 2. The molecule has 53 heavy (non-hydrogen) atoms. The molecule has 2 heteroatoms. The van der Waals surface area contributed by atoms with Gasteiger partial charge in [0.15, 0.2) is 5.82 Å². The second-order valence-electron chi connectivity index (χ2n) is 14.6. The average molecular weight is 677 g/mol. The van der Waals surface area contributed by atoms with Gasteiger partial charge >= 0.3 is 0 Å². The quantitative estimate of drug-likeness (QED) is 0.181. The summed E-state index contributed by atoms with van der Waals surface area (Å²) in [5, 5.41) is 4.94. The lowest BCUT2D eigenvalue weighted by Crippen LogP contribution is -2.15. The third-order valence-electron chi connectivity index (χ3n) is 11.1. The van der Waals surface area contributed by atoms with Crippen molar-refractivity contribution < 1.29 is 0 Å². The van der Waals surface area contributed by atoms with E-state index in [9.17, 15) is 0 Å². The summed E-state index contributed by atoms with van der Waals surface area (Å²) in [5.74, 6) is 0.714. The molecule has 0 saturated carbocycles. The van der Waals surface area contributed by atoms with Crippen molar-refractivity contribution in [2.75, 3.05) is 0 Å². The number of nitrogens with zero attached hydrogens (tertiary/aromatic N) is 2. The Hall–Kier alpha value is -6.64. The molecule has 9 aromatic rings. The number of rotatable bonds is 5. The highest BCUT2D eigenvalue weighted by Gasteiger charge is 2.37. The van der Waals surface area contributed by atoms with Gasteiger partial charge in [-0.2, -0.15) is 0 Å². The lowest BCUT2D eigenvalue weighted by Gasteiger charge is -2.23. The number of hydrogen-bond acceptors (Lipinski definition) is 2. The smallest absolute Gasteiger partial charge is 0.161 e. The minimum absolute atomic E-state index is 0.0879. The molecule has 0 aliphatic heterocycles. The highest BCUT2D eigenvalue weighted by Crippen LogP contribution is 2.52. The number of hydrogen-bond donors (Lipinski definition) is 0. The average Bonchev–Trinajstić information content (AvgIpc) is 3.46. The molecule has 0 fully saturated rings. The molecule has 1 aliphatic carbocycles. The topological polar surface area (TPSA) is 25.8 Å². The predicted octanol–water partition coefficient (Wildman–Crippen LogP) is 13.4. The summed E-state index contributed by atoms with van der Waals surface area (Å²) < 4.78 is 0. The molecule has 0 amide bonds. The van der Waals surface area contributed by atoms with E-state index < -0.39 is 0 Å². The van der Waals surface area contributed by atoms with Gasteiger partial charge in [-0.25, -0.2) is 9.97 Å². The van der Waals surface area contributed by atoms with Gasteiger partial charge in [0.2, 0.25) is 0 Å². The Kier molecular flexibility index (Phi) is 7.19. The van der Waals surface area contributed by atoms with Crippen LogP contribution in [-0.2, 0) is 5.41 Å². The van der Waals surface area contributed by atoms with Gasteiger partial charge in [-0.1, -0.05) is 172 Å². The van der Waals surface area contributed by atoms with Crippen molar-refractivity contribution in [3.8, 4) is 67.3 Å². The number of fused-ring (bicyclic) bond motifs is 6. The summed E-state index contributed by atoms with van der Waals surface area (Å²) in [7, 11) is 0. The summed E-state index contributed by atoms with van der Waals surface area (Å²) in [6.07, 6.45) is 0. The maximum Gasteiger partial charge on any atom is 0.161 e. The third kappa shape index (κ3) is 5.18. The highest BCUT2D eigenvalue weighted by atomic mass is 14.9. The van der Waals surface area contributed by atoms with Crippen molar-refractivity contribution in [2.24, 2.45) is 0 Å². The van der Waals surface area contributed by atoms with Crippen molar-refractivity contribution in [1.82, 2.24) is 9.97 Å². The highest BCUT2D eigenvalue weighted by molar-refractivity contribution is 6.05. The fraction of sp³-hybridized carbons (Fsp3) is 0.0588. The third-order valence-corrected chi connectivity index (χ3v) is 11.1. The van der Waals surface area contributed by atoms with E-state index in [1.165, 1.54) is 55.1 Å². The van der Waals surface area contributed by atoms with Crippen molar-refractivity contribution in [3.63, 3.8) is 0 Å². The van der Waals surface area contributed by atoms with E-state index in [-0.39, 0.29) is 5.41 Å². The number of benzene rings is 8. The molecule has 0 radical (unpaired) electrons. The van der Waals surface area contributed by atoms with Gasteiger partial charge in [-0.05, 0) is 90.3 Å². The second-order valence-corrected chi connectivity index (χ2v) is 14.6. The van der Waals surface area contributed by atoms with Gasteiger partial charge in [-0.15, -0.1) is 0 Å². The Morgan fingerprint density at radius 1 is 0.358 bits per heavy atom. The summed E-state index contributed by atoms with van der Waals surface area (Å²) >= 11 is 0. The van der Waals surface area contributed by atoms with E-state index in [4.69, 9.17) is 9.97 Å². The molecule has 0 unspecified atom stereocenters. The maximum absolute atomic E-state index is 5.29. The van der Waals surface area contributed by atoms with Crippen LogP contribution in [0.5, 0.6) is 0 Å². The minimum atomic E-state index is -0.0879. The first-order valence-corrected chi connectivity index (χ1v) is 18.3. The van der Waals surface area contributed by atoms with Crippen LogP contribution in [0, 0.1) is 0 Å². The molecule has 1 aromatic heterocycles. The molecule has 1 aliphatic rings. The Morgan fingerprint density at radius 3 is 1.72 bits per heavy atom. The summed E-state index contributed by atoms with van der Waals surface area (Å²) in [4.78, 5) is 10.5. The molecular weight excluding hydrogens is 641 g/mol. The van der Waals surface area contributed by atoms with Crippen LogP contribution in [0.25, 0.3) is 88.8 Å². The molecule has 2 nitrogen and oxygen atoms in total. The van der Waals surface area contributed by atoms with Crippen LogP contribution in [-0.4, -0.2) is 9.97 Å². The first-order chi connectivity index (χ1) is 26.0. The first-order valence-electron chi connectivity index (χ1n) is 18.3. The lowest BCUT2D eigenvalue weighted by atomic mass is 9.80. The zero-order chi connectivity index (χ0) is 35.5. The van der Waals surface area contributed by atoms with Crippen molar-refractivity contribution >= 4 is 21.5 Å². The molecule has 8 aromatic carbocycles. The van der Waals surface area contributed by atoms with Gasteiger partial charge in [0.05, 0.1) is 11.4 Å². The van der Waals surface area contributed by atoms with E-state index in [1.54, 1.807) is 0 Å². The van der Waals surface area contributed by atoms with Crippen LogP contribution in [0.4, 0.5) is 0 Å². The summed E-state index contributed by atoms with van der Waals surface area (Å²) in [6.45, 7) is 4.73. The Balaban J connectivity index is 1.13. The van der Waals surface area contributed by atoms with Gasteiger partial charge < -0.3 is 0 Å². The Bertz CT molecular complexity index is 2850. The lowest BCUT2D eigenvalue weighted by molar-refractivity contribution is 0.666. The largest absolute Gasteiger partial charge is 0.228 e. The predicted molar refractivity (Wildman–Crippen MR) is 222 cm³/mol. The molecule has 0 bridgehead atoms. The van der Waals surface area contributed by atoms with Gasteiger partial charge in [0.1, 0.15) is 0 Å². The van der Waals surface area contributed by atoms with Gasteiger partial charge in [0, 0.05) is 22.1 Å². The monoisotopic (exact) mass is 676 g/mol. The molecule has 0 atom stereocenters. The molecule has 10 rings (SSSR count). The van der Waals surface area contributed by atoms with Crippen molar-refractivity contribution in [1.29, 1.82) is 0 Å². The fourth-order valence-electron chi connectivity index (χ4n) is 8.49. The zero-order valence-corrected chi connectivity index (χ0v) is 29.7. The molecular formula is C51H36N2. The van der Waals surface area contributed by atoms with E-state index in [1.807, 2.05) is 6.07 Å². The molecule has 0 saturated heterocycles.